The van der Waals surface area contributed by atoms with Crippen LogP contribution in [-0.4, -0.2) is 74.2 Å². The molecule has 0 spiro atoms. The first-order valence-electron chi connectivity index (χ1n) is 8.41. The molecule has 0 unspecified atom stereocenters. The van der Waals surface area contributed by atoms with E-state index in [4.69, 9.17) is 4.74 Å². The number of ether oxygens (including phenoxy) is 1. The van der Waals surface area contributed by atoms with Crippen LogP contribution in [-0.2, 0) is 9.53 Å². The van der Waals surface area contributed by atoms with Crippen molar-refractivity contribution in [2.75, 3.05) is 51.3 Å². The molecule has 24 heavy (non-hydrogen) atoms. The molecule has 3 rings (SSSR count). The molecule has 0 aliphatic carbocycles. The minimum absolute atomic E-state index is 0.0430. The van der Waals surface area contributed by atoms with E-state index in [-0.39, 0.29) is 11.9 Å². The molecule has 0 aromatic carbocycles. The van der Waals surface area contributed by atoms with Crippen molar-refractivity contribution in [1.29, 1.82) is 5.26 Å². The standard InChI is InChI=1S/C17H24N4O2S/c1-13(12-23-2)19-6-8-20(9-7-19)15-3-5-21(16(15)22)17-14(11-18)4-10-24-17/h4,10,13,15H,3,5-9,12H2,1-2H3/t13-,15+/m0/s1. The van der Waals surface area contributed by atoms with Crippen molar-refractivity contribution in [3.8, 4) is 6.07 Å². The molecule has 1 amide bonds. The normalized spacial score (nSPS) is 24.3. The van der Waals surface area contributed by atoms with Crippen LogP contribution in [0.4, 0.5) is 5.00 Å². The Kier molecular flexibility index (Phi) is 5.51. The van der Waals surface area contributed by atoms with Gasteiger partial charge in [-0.1, -0.05) is 0 Å². The molecule has 2 aliphatic rings. The lowest BCUT2D eigenvalue weighted by molar-refractivity contribution is -0.122. The molecule has 0 bridgehead atoms. The third-order valence-electron chi connectivity index (χ3n) is 5.01. The van der Waals surface area contributed by atoms with Gasteiger partial charge in [0.25, 0.3) is 0 Å². The molecule has 2 atom stereocenters. The lowest BCUT2D eigenvalue weighted by Crippen LogP contribution is -2.55. The maximum atomic E-state index is 12.8. The van der Waals surface area contributed by atoms with Crippen LogP contribution in [0.25, 0.3) is 0 Å². The van der Waals surface area contributed by atoms with E-state index >= 15 is 0 Å². The number of piperazine rings is 1. The number of carbonyl (C=O) groups is 1. The second kappa shape index (κ2) is 7.62. The number of anilines is 1. The number of hydrogen-bond donors (Lipinski definition) is 0. The highest BCUT2D eigenvalue weighted by Crippen LogP contribution is 2.32. The number of hydrogen-bond acceptors (Lipinski definition) is 6. The van der Waals surface area contributed by atoms with Gasteiger partial charge in [0, 0.05) is 45.9 Å². The Bertz CT molecular complexity index is 618. The zero-order chi connectivity index (χ0) is 17.1. The fraction of sp³-hybridized carbons (Fsp3) is 0.647. The van der Waals surface area contributed by atoms with E-state index in [1.807, 2.05) is 5.38 Å². The van der Waals surface area contributed by atoms with Crippen LogP contribution >= 0.6 is 11.3 Å². The van der Waals surface area contributed by atoms with Crippen molar-refractivity contribution < 1.29 is 9.53 Å². The summed E-state index contributed by atoms with van der Waals surface area (Å²) >= 11 is 1.48. The number of rotatable bonds is 5. The van der Waals surface area contributed by atoms with Gasteiger partial charge in [0.15, 0.2) is 0 Å². The van der Waals surface area contributed by atoms with Crippen LogP contribution in [0.2, 0.25) is 0 Å². The number of nitriles is 1. The Morgan fingerprint density at radius 1 is 1.38 bits per heavy atom. The third kappa shape index (κ3) is 3.33. The summed E-state index contributed by atoms with van der Waals surface area (Å²) in [4.78, 5) is 19.4. The Balaban J connectivity index is 1.60. The summed E-state index contributed by atoms with van der Waals surface area (Å²) in [6.45, 7) is 7.39. The quantitative estimate of drug-likeness (QED) is 0.804. The summed E-state index contributed by atoms with van der Waals surface area (Å²) in [5, 5.41) is 11.9. The van der Waals surface area contributed by atoms with Crippen LogP contribution in [0.5, 0.6) is 0 Å². The Labute approximate surface area is 147 Å². The fourth-order valence-electron chi connectivity index (χ4n) is 3.64. The molecule has 0 radical (unpaired) electrons. The van der Waals surface area contributed by atoms with Crippen molar-refractivity contribution in [1.82, 2.24) is 9.80 Å². The molecule has 0 saturated carbocycles. The average Bonchev–Trinajstić information content (AvgIpc) is 3.21. The van der Waals surface area contributed by atoms with Gasteiger partial charge in [-0.3, -0.25) is 14.6 Å². The topological polar surface area (TPSA) is 59.8 Å². The van der Waals surface area contributed by atoms with Crippen LogP contribution in [0.15, 0.2) is 11.4 Å². The van der Waals surface area contributed by atoms with Gasteiger partial charge in [-0.05, 0) is 24.8 Å². The molecular formula is C17H24N4O2S. The molecule has 1 aromatic heterocycles. The highest BCUT2D eigenvalue weighted by Gasteiger charge is 2.39. The molecule has 2 saturated heterocycles. The van der Waals surface area contributed by atoms with Crippen LogP contribution in [0.1, 0.15) is 18.9 Å². The summed E-state index contributed by atoms with van der Waals surface area (Å²) in [5.74, 6) is 0.146. The number of nitrogens with zero attached hydrogens (tertiary/aromatic N) is 4. The number of carbonyl (C=O) groups excluding carboxylic acids is 1. The average molecular weight is 348 g/mol. The van der Waals surface area contributed by atoms with Gasteiger partial charge in [-0.2, -0.15) is 5.26 Å². The highest BCUT2D eigenvalue weighted by molar-refractivity contribution is 7.14. The Morgan fingerprint density at radius 3 is 2.79 bits per heavy atom. The minimum Gasteiger partial charge on any atom is -0.383 e. The lowest BCUT2D eigenvalue weighted by Gasteiger charge is -2.39. The van der Waals surface area contributed by atoms with Crippen molar-refractivity contribution in [2.24, 2.45) is 0 Å². The summed E-state index contributed by atoms with van der Waals surface area (Å²) < 4.78 is 5.24. The number of thiophene rings is 1. The van der Waals surface area contributed by atoms with Crippen molar-refractivity contribution in [3.05, 3.63) is 17.0 Å². The first-order chi connectivity index (χ1) is 11.7. The summed E-state index contributed by atoms with van der Waals surface area (Å²) in [6.07, 6.45) is 0.842. The predicted octanol–water partition coefficient (Wildman–Crippen LogP) is 1.38. The van der Waals surface area contributed by atoms with Gasteiger partial charge >= 0.3 is 0 Å². The molecule has 0 N–H and O–H groups in total. The highest BCUT2D eigenvalue weighted by atomic mass is 32.1. The molecule has 2 aliphatic heterocycles. The van der Waals surface area contributed by atoms with Crippen LogP contribution in [0.3, 0.4) is 0 Å². The van der Waals surface area contributed by atoms with E-state index < -0.39 is 0 Å². The van der Waals surface area contributed by atoms with E-state index in [1.165, 1.54) is 11.3 Å². The van der Waals surface area contributed by atoms with E-state index in [1.54, 1.807) is 18.1 Å². The summed E-state index contributed by atoms with van der Waals surface area (Å²) in [7, 11) is 1.73. The van der Waals surface area contributed by atoms with Gasteiger partial charge in [0.1, 0.15) is 11.1 Å². The van der Waals surface area contributed by atoms with Crippen LogP contribution in [0, 0.1) is 11.3 Å². The largest absolute Gasteiger partial charge is 0.383 e. The van der Waals surface area contributed by atoms with E-state index in [0.29, 0.717) is 18.2 Å². The molecule has 6 nitrogen and oxygen atoms in total. The Morgan fingerprint density at radius 2 is 2.12 bits per heavy atom. The molecule has 7 heteroatoms. The minimum atomic E-state index is -0.0430. The summed E-state index contributed by atoms with van der Waals surface area (Å²) in [5.41, 5.74) is 0.604. The predicted molar refractivity (Wildman–Crippen MR) is 94.3 cm³/mol. The van der Waals surface area contributed by atoms with E-state index in [9.17, 15) is 10.1 Å². The lowest BCUT2D eigenvalue weighted by atomic mass is 10.1. The molecule has 130 valence electrons. The van der Waals surface area contributed by atoms with Crippen molar-refractivity contribution in [2.45, 2.75) is 25.4 Å². The zero-order valence-electron chi connectivity index (χ0n) is 14.3. The molecular weight excluding hydrogens is 324 g/mol. The van der Waals surface area contributed by atoms with Crippen LogP contribution < -0.4 is 4.90 Å². The smallest absolute Gasteiger partial charge is 0.245 e. The zero-order valence-corrected chi connectivity index (χ0v) is 15.1. The van der Waals surface area contributed by atoms with Gasteiger partial charge in [-0.25, -0.2) is 0 Å². The van der Waals surface area contributed by atoms with Gasteiger partial charge in [0.05, 0.1) is 18.2 Å². The first-order valence-corrected chi connectivity index (χ1v) is 9.29. The van der Waals surface area contributed by atoms with Crippen molar-refractivity contribution >= 4 is 22.2 Å². The van der Waals surface area contributed by atoms with Gasteiger partial charge in [-0.15, -0.1) is 11.3 Å². The second-order valence-electron chi connectivity index (χ2n) is 6.42. The fourth-order valence-corrected chi connectivity index (χ4v) is 4.52. The van der Waals surface area contributed by atoms with E-state index in [0.717, 1.165) is 44.2 Å². The van der Waals surface area contributed by atoms with E-state index in [2.05, 4.69) is 22.8 Å². The van der Waals surface area contributed by atoms with Gasteiger partial charge < -0.3 is 9.64 Å². The Hall–Kier alpha value is -1.46. The van der Waals surface area contributed by atoms with Crippen molar-refractivity contribution in [3.63, 3.8) is 0 Å². The molecule has 2 fully saturated rings. The third-order valence-corrected chi connectivity index (χ3v) is 5.94. The molecule has 3 heterocycles. The second-order valence-corrected chi connectivity index (χ2v) is 7.32. The summed E-state index contributed by atoms with van der Waals surface area (Å²) in [6, 6.07) is 4.34. The first kappa shape index (κ1) is 17.4. The number of methoxy groups -OCH3 is 1. The SMILES string of the molecule is COC[C@H](C)N1CCN([C@@H]2CCN(c3sccc3C#N)C2=O)CC1. The van der Waals surface area contributed by atoms with Gasteiger partial charge in [0.2, 0.25) is 5.91 Å². The number of amides is 1. The maximum Gasteiger partial charge on any atom is 0.245 e. The monoisotopic (exact) mass is 348 g/mol. The maximum absolute atomic E-state index is 12.8. The molecule has 1 aromatic rings.